The van der Waals surface area contributed by atoms with Gasteiger partial charge in [0.2, 0.25) is 5.91 Å². The van der Waals surface area contributed by atoms with Crippen molar-refractivity contribution >= 4 is 34.7 Å². The molecule has 30 heavy (non-hydrogen) atoms. The fourth-order valence-electron chi connectivity index (χ4n) is 3.03. The van der Waals surface area contributed by atoms with Crippen molar-refractivity contribution in [2.45, 2.75) is 32.0 Å². The Morgan fingerprint density at radius 3 is 2.87 bits per heavy atom. The largest absolute Gasteiger partial charge is 0.467 e. The number of carbonyl (C=O) groups is 1. The van der Waals surface area contributed by atoms with Gasteiger partial charge in [-0.15, -0.1) is 21.5 Å². The minimum absolute atomic E-state index is 0.0685. The molecule has 154 valence electrons. The van der Waals surface area contributed by atoms with Gasteiger partial charge in [0.1, 0.15) is 11.6 Å². The number of rotatable bonds is 8. The summed E-state index contributed by atoms with van der Waals surface area (Å²) in [5, 5.41) is 14.5. The second-order valence-corrected chi connectivity index (χ2v) is 8.95. The monoisotopic (exact) mass is 438 g/mol. The first-order valence-electron chi connectivity index (χ1n) is 9.55. The molecule has 0 bridgehead atoms. The summed E-state index contributed by atoms with van der Waals surface area (Å²) < 4.78 is 7.54. The third kappa shape index (κ3) is 5.01. The lowest BCUT2D eigenvalue weighted by atomic mass is 10.1. The molecule has 3 aromatic heterocycles. The predicted molar refractivity (Wildman–Crippen MR) is 120 cm³/mol. The van der Waals surface area contributed by atoms with E-state index in [0.717, 1.165) is 28.4 Å². The third-order valence-electron chi connectivity index (χ3n) is 4.60. The lowest BCUT2D eigenvalue weighted by Gasteiger charge is -2.10. The van der Waals surface area contributed by atoms with E-state index in [0.29, 0.717) is 18.1 Å². The average Bonchev–Trinajstić information content (AvgIpc) is 3.48. The van der Waals surface area contributed by atoms with Crippen LogP contribution < -0.4 is 5.32 Å². The van der Waals surface area contributed by atoms with Crippen LogP contribution in [0.2, 0.25) is 0 Å². The van der Waals surface area contributed by atoms with E-state index in [4.69, 9.17) is 4.42 Å². The molecule has 0 atom stereocenters. The summed E-state index contributed by atoms with van der Waals surface area (Å²) in [6, 6.07) is 13.9. The topological polar surface area (TPSA) is 73.0 Å². The zero-order valence-electron chi connectivity index (χ0n) is 16.8. The van der Waals surface area contributed by atoms with Gasteiger partial charge in [-0.25, -0.2) is 0 Å². The summed E-state index contributed by atoms with van der Waals surface area (Å²) in [6.45, 7) is 4.52. The number of thioether (sulfide) groups is 1. The summed E-state index contributed by atoms with van der Waals surface area (Å²) in [7, 11) is 0. The van der Waals surface area contributed by atoms with E-state index < -0.39 is 0 Å². The molecule has 1 amide bonds. The number of anilines is 1. The molecule has 0 aliphatic carbocycles. The zero-order chi connectivity index (χ0) is 20.9. The summed E-state index contributed by atoms with van der Waals surface area (Å²) in [6.07, 6.45) is 2.35. The standard InChI is InChI=1S/C22H22N4O2S2/c1-15-7-8-16(2)19(11-15)23-21(27)14-30-22-25-24-20(12-18-6-4-10-29-18)26(22)13-17-5-3-9-28-17/h3-11H,12-14H2,1-2H3,(H,23,27). The zero-order valence-corrected chi connectivity index (χ0v) is 18.4. The Bertz CT molecular complexity index is 1120. The normalized spacial score (nSPS) is 11.0. The van der Waals surface area contributed by atoms with E-state index in [1.807, 2.05) is 54.8 Å². The second kappa shape index (κ2) is 9.32. The first-order valence-corrected chi connectivity index (χ1v) is 11.4. The number of aryl methyl sites for hydroxylation is 2. The number of carbonyl (C=O) groups excluding carboxylic acids is 1. The fourth-order valence-corrected chi connectivity index (χ4v) is 4.49. The minimum atomic E-state index is -0.0685. The van der Waals surface area contributed by atoms with Crippen molar-refractivity contribution in [2.24, 2.45) is 0 Å². The molecule has 4 aromatic rings. The van der Waals surface area contributed by atoms with Crippen LogP contribution in [0.1, 0.15) is 27.6 Å². The molecule has 0 saturated heterocycles. The Kier molecular flexibility index (Phi) is 6.35. The van der Waals surface area contributed by atoms with Gasteiger partial charge in [-0.05, 0) is 54.6 Å². The highest BCUT2D eigenvalue weighted by molar-refractivity contribution is 7.99. The summed E-state index contributed by atoms with van der Waals surface area (Å²) >= 11 is 3.07. The molecule has 4 rings (SSSR count). The molecule has 0 saturated carbocycles. The molecule has 1 N–H and O–H groups in total. The number of nitrogens with zero attached hydrogens (tertiary/aromatic N) is 3. The Hall–Kier alpha value is -2.84. The maximum Gasteiger partial charge on any atom is 0.234 e. The number of amides is 1. The number of nitrogens with one attached hydrogen (secondary N) is 1. The number of benzene rings is 1. The van der Waals surface area contributed by atoms with Crippen molar-refractivity contribution in [3.8, 4) is 0 Å². The van der Waals surface area contributed by atoms with Crippen molar-refractivity contribution in [1.29, 1.82) is 0 Å². The van der Waals surface area contributed by atoms with E-state index in [-0.39, 0.29) is 11.7 Å². The molecule has 0 aliphatic heterocycles. The van der Waals surface area contributed by atoms with Crippen LogP contribution in [0.3, 0.4) is 0 Å². The van der Waals surface area contributed by atoms with E-state index in [9.17, 15) is 4.79 Å². The maximum atomic E-state index is 12.5. The first-order chi connectivity index (χ1) is 14.6. The van der Waals surface area contributed by atoms with Crippen LogP contribution in [0, 0.1) is 13.8 Å². The molecule has 1 aromatic carbocycles. The third-order valence-corrected chi connectivity index (χ3v) is 6.44. The van der Waals surface area contributed by atoms with E-state index in [1.165, 1.54) is 16.6 Å². The molecular weight excluding hydrogens is 416 g/mol. The van der Waals surface area contributed by atoms with Crippen LogP contribution in [0.5, 0.6) is 0 Å². The van der Waals surface area contributed by atoms with Crippen LogP contribution in [-0.2, 0) is 17.8 Å². The van der Waals surface area contributed by atoms with Crippen LogP contribution in [-0.4, -0.2) is 26.4 Å². The number of hydrogen-bond acceptors (Lipinski definition) is 6. The SMILES string of the molecule is Cc1ccc(C)c(NC(=O)CSc2nnc(Cc3cccs3)n2Cc2ccco2)c1. The van der Waals surface area contributed by atoms with E-state index >= 15 is 0 Å². The molecule has 0 unspecified atom stereocenters. The lowest BCUT2D eigenvalue weighted by Crippen LogP contribution is -2.16. The van der Waals surface area contributed by atoms with Gasteiger partial charge in [0.05, 0.1) is 18.6 Å². The van der Waals surface area contributed by atoms with Crippen molar-refractivity contribution in [1.82, 2.24) is 14.8 Å². The molecule has 6 nitrogen and oxygen atoms in total. The predicted octanol–water partition coefficient (Wildman–Crippen LogP) is 4.92. The van der Waals surface area contributed by atoms with Gasteiger partial charge in [0, 0.05) is 17.0 Å². The molecule has 0 radical (unpaired) electrons. The fraction of sp³-hybridized carbons (Fsp3) is 0.227. The molecule has 0 fully saturated rings. The van der Waals surface area contributed by atoms with Gasteiger partial charge >= 0.3 is 0 Å². The van der Waals surface area contributed by atoms with Crippen molar-refractivity contribution < 1.29 is 9.21 Å². The highest BCUT2D eigenvalue weighted by Gasteiger charge is 2.17. The molecule has 0 aliphatic rings. The van der Waals surface area contributed by atoms with Gasteiger partial charge in [0.25, 0.3) is 0 Å². The van der Waals surface area contributed by atoms with Crippen LogP contribution in [0.25, 0.3) is 0 Å². The summed E-state index contributed by atoms with van der Waals surface area (Å²) in [4.78, 5) is 13.7. The van der Waals surface area contributed by atoms with Gasteiger partial charge in [0.15, 0.2) is 5.16 Å². The average molecular weight is 439 g/mol. The Labute approximate surface area is 183 Å². The summed E-state index contributed by atoms with van der Waals surface area (Å²) in [5.41, 5.74) is 2.99. The van der Waals surface area contributed by atoms with Gasteiger partial charge in [-0.1, -0.05) is 30.0 Å². The Morgan fingerprint density at radius 2 is 2.10 bits per heavy atom. The van der Waals surface area contributed by atoms with Crippen LogP contribution >= 0.6 is 23.1 Å². The van der Waals surface area contributed by atoms with Gasteiger partial charge in [-0.3, -0.25) is 9.36 Å². The molecule has 3 heterocycles. The van der Waals surface area contributed by atoms with E-state index in [2.05, 4.69) is 27.0 Å². The number of thiophene rings is 1. The Morgan fingerprint density at radius 1 is 1.20 bits per heavy atom. The van der Waals surface area contributed by atoms with Crippen molar-refractivity contribution in [3.63, 3.8) is 0 Å². The first kappa shape index (κ1) is 20.4. The highest BCUT2D eigenvalue weighted by atomic mass is 32.2. The second-order valence-electron chi connectivity index (χ2n) is 6.98. The molecule has 8 heteroatoms. The number of aromatic nitrogens is 3. The van der Waals surface area contributed by atoms with Gasteiger partial charge in [-0.2, -0.15) is 0 Å². The van der Waals surface area contributed by atoms with Crippen LogP contribution in [0.4, 0.5) is 5.69 Å². The number of hydrogen-bond donors (Lipinski definition) is 1. The quantitative estimate of drug-likeness (QED) is 0.395. The number of furan rings is 1. The minimum Gasteiger partial charge on any atom is -0.467 e. The van der Waals surface area contributed by atoms with Crippen LogP contribution in [0.15, 0.2) is 63.7 Å². The Balaban J connectivity index is 1.48. The van der Waals surface area contributed by atoms with E-state index in [1.54, 1.807) is 17.6 Å². The van der Waals surface area contributed by atoms with Gasteiger partial charge < -0.3 is 9.73 Å². The smallest absolute Gasteiger partial charge is 0.234 e. The molecule has 0 spiro atoms. The highest BCUT2D eigenvalue weighted by Crippen LogP contribution is 2.23. The van der Waals surface area contributed by atoms with Crippen molar-refractivity contribution in [2.75, 3.05) is 11.1 Å². The summed E-state index contributed by atoms with van der Waals surface area (Å²) in [5.74, 6) is 1.86. The van der Waals surface area contributed by atoms with Crippen molar-refractivity contribution in [3.05, 3.63) is 81.7 Å². The molecular formula is C22H22N4O2S2. The lowest BCUT2D eigenvalue weighted by molar-refractivity contribution is -0.113. The maximum absolute atomic E-state index is 12.5.